The molecule has 0 saturated carbocycles. The number of carbonyl (C=O) groups excluding carboxylic acids is 3. The molecule has 6 saturated heterocycles. The quantitative estimate of drug-likeness (QED) is 0.0890. The van der Waals surface area contributed by atoms with E-state index in [2.05, 4.69) is 46.1 Å². The fourth-order valence-corrected chi connectivity index (χ4v) is 13.4. The molecule has 3 amide bonds. The number of nitrogens with zero attached hydrogens (tertiary/aromatic N) is 8. The molecular weight excluding hydrogens is 962 g/mol. The van der Waals surface area contributed by atoms with Crippen LogP contribution < -0.4 is 25.2 Å². The Morgan fingerprint density at radius 1 is 0.787 bits per heavy atom. The third-order valence-corrected chi connectivity index (χ3v) is 17.4. The topological polar surface area (TPSA) is 160 Å². The number of aromatic hydroxyl groups is 1. The zero-order valence-corrected chi connectivity index (χ0v) is 42.1. The van der Waals surface area contributed by atoms with Gasteiger partial charge in [0, 0.05) is 86.0 Å². The maximum Gasteiger partial charge on any atom is 0.319 e. The van der Waals surface area contributed by atoms with Gasteiger partial charge < -0.3 is 34.8 Å². The van der Waals surface area contributed by atoms with Crippen molar-refractivity contribution in [1.82, 2.24) is 40.3 Å². The molecule has 0 aliphatic carbocycles. The van der Waals surface area contributed by atoms with E-state index in [0.29, 0.717) is 83.6 Å². The Hall–Kier alpha value is -6.55. The van der Waals surface area contributed by atoms with Crippen LogP contribution in [0.5, 0.6) is 11.8 Å². The molecule has 3 atom stereocenters. The number of imide groups is 1. The van der Waals surface area contributed by atoms with Crippen LogP contribution in [0, 0.1) is 47.5 Å². The summed E-state index contributed by atoms with van der Waals surface area (Å²) in [5, 5.41) is 17.8. The number of carbonyl (C=O) groups is 3. The molecule has 7 aliphatic heterocycles. The van der Waals surface area contributed by atoms with Crippen molar-refractivity contribution in [2.45, 2.75) is 95.3 Å². The summed E-state index contributed by atoms with van der Waals surface area (Å²) in [4.78, 5) is 62.2. The number of piperazine rings is 1. The van der Waals surface area contributed by atoms with Crippen LogP contribution in [0.1, 0.15) is 92.1 Å². The summed E-state index contributed by atoms with van der Waals surface area (Å²) in [7, 11) is 0. The van der Waals surface area contributed by atoms with Crippen LogP contribution in [0.2, 0.25) is 0 Å². The van der Waals surface area contributed by atoms with Gasteiger partial charge in [0.1, 0.15) is 41.2 Å². The first kappa shape index (κ1) is 49.3. The molecule has 2 bridgehead atoms. The van der Waals surface area contributed by atoms with Gasteiger partial charge in [-0.05, 0) is 144 Å². The molecule has 75 heavy (non-hydrogen) atoms. The molecule has 0 spiro atoms. The molecule has 9 heterocycles. The van der Waals surface area contributed by atoms with Crippen molar-refractivity contribution in [1.29, 1.82) is 0 Å². The number of pyridine rings is 1. The first-order chi connectivity index (χ1) is 36.4. The molecule has 2 unspecified atom stereocenters. The second-order valence-corrected chi connectivity index (χ2v) is 22.1. The summed E-state index contributed by atoms with van der Waals surface area (Å²) in [5.41, 5.74) is 1.19. The minimum atomic E-state index is -0.771. The number of aromatic nitrogens is 3. The van der Waals surface area contributed by atoms with E-state index in [4.69, 9.17) is 16.1 Å². The fourth-order valence-electron chi connectivity index (χ4n) is 13.4. The number of fused-ring (bicyclic) bond motifs is 5. The SMILES string of the molecule is C#Cc1c(F)ccc2cc(O)cc(-c3ncc4c(N5CC6CCC(C5)N6)nc(OCCN5CCC(CC6CCN(CC7CCN(c8ccc9c(c8F)CN([C@H]8CCC(=O)NC8=O)C9=O)CC7)CC6)CC5)nc4c3F)c12. The Labute approximate surface area is 434 Å². The molecule has 15 nitrogen and oxygen atoms in total. The second kappa shape index (κ2) is 20.5. The molecule has 2 aromatic heterocycles. The highest BCUT2D eigenvalue weighted by molar-refractivity contribution is 6.06. The van der Waals surface area contributed by atoms with Crippen molar-refractivity contribution in [3.05, 3.63) is 76.7 Å². The number of rotatable bonds is 12. The standard InChI is InChI=1S/C57H63F3N10O5/c1-2-40-45(58)7-3-36-26-39(71)27-42(49(36)40)52-51(60)53-43(28-61-52)54(69-30-37-4-5-38(31-69)62-37)65-57(64-53)75-24-23-66-17-11-33(12-18-66)25-34-13-19-67(20-14-34)29-35-15-21-68(22-16-35)46-8-6-41-44(50(46)59)32-70(56(41)74)47-9-10-48(72)63-55(47)73/h1,3,6-8,26-28,33-35,37-38,47,62,71H,4-5,9-25,29-32H2,(H,63,72,73)/t37?,38?,47-/m0/s1. The summed E-state index contributed by atoms with van der Waals surface area (Å²) in [6, 6.07) is 8.85. The lowest BCUT2D eigenvalue weighted by molar-refractivity contribution is -0.136. The third kappa shape index (κ3) is 9.72. The van der Waals surface area contributed by atoms with E-state index in [9.17, 15) is 19.5 Å². The van der Waals surface area contributed by atoms with Crippen molar-refractivity contribution in [3.63, 3.8) is 0 Å². The molecule has 6 fully saturated rings. The first-order valence-corrected chi connectivity index (χ1v) is 27.0. The van der Waals surface area contributed by atoms with Crippen LogP contribution in [0.4, 0.5) is 24.7 Å². The Bertz CT molecular complexity index is 3100. The summed E-state index contributed by atoms with van der Waals surface area (Å²) in [6.07, 6.45) is 17.7. The number of hydrogen-bond donors (Lipinski definition) is 3. The molecule has 392 valence electrons. The van der Waals surface area contributed by atoms with Gasteiger partial charge in [-0.1, -0.05) is 12.0 Å². The van der Waals surface area contributed by atoms with E-state index < -0.39 is 23.6 Å². The molecule has 7 aliphatic rings. The number of nitrogens with one attached hydrogen (secondary N) is 2. The summed E-state index contributed by atoms with van der Waals surface area (Å²) < 4.78 is 54.4. The highest BCUT2D eigenvalue weighted by atomic mass is 19.1. The number of benzene rings is 3. The average molecular weight is 1030 g/mol. The Kier molecular flexibility index (Phi) is 13.5. The van der Waals surface area contributed by atoms with Gasteiger partial charge in [-0.2, -0.15) is 9.97 Å². The van der Waals surface area contributed by atoms with E-state index in [1.54, 1.807) is 18.3 Å². The van der Waals surface area contributed by atoms with E-state index in [-0.39, 0.29) is 76.5 Å². The highest BCUT2D eigenvalue weighted by Gasteiger charge is 2.41. The maximum absolute atomic E-state index is 17.0. The minimum Gasteiger partial charge on any atom is -0.508 e. The van der Waals surface area contributed by atoms with E-state index in [1.807, 2.05) is 0 Å². The number of amides is 3. The lowest BCUT2D eigenvalue weighted by Gasteiger charge is -2.39. The Morgan fingerprint density at radius 2 is 1.51 bits per heavy atom. The van der Waals surface area contributed by atoms with Crippen molar-refractivity contribution in [2.75, 3.05) is 81.9 Å². The molecule has 5 aromatic rings. The smallest absolute Gasteiger partial charge is 0.319 e. The number of anilines is 2. The predicted octanol–water partition coefficient (Wildman–Crippen LogP) is 6.76. The first-order valence-electron chi connectivity index (χ1n) is 27.0. The molecule has 3 aromatic carbocycles. The zero-order valence-electron chi connectivity index (χ0n) is 42.1. The second-order valence-electron chi connectivity index (χ2n) is 22.1. The van der Waals surface area contributed by atoms with Crippen LogP contribution in [0.25, 0.3) is 32.9 Å². The Morgan fingerprint density at radius 3 is 2.23 bits per heavy atom. The van der Waals surface area contributed by atoms with Crippen LogP contribution >= 0.6 is 0 Å². The van der Waals surface area contributed by atoms with Gasteiger partial charge in [0.2, 0.25) is 11.8 Å². The van der Waals surface area contributed by atoms with E-state index in [1.165, 1.54) is 48.4 Å². The number of hydrogen-bond acceptors (Lipinski definition) is 13. The van der Waals surface area contributed by atoms with E-state index >= 15 is 13.2 Å². The van der Waals surface area contributed by atoms with Crippen molar-refractivity contribution >= 4 is 50.9 Å². The van der Waals surface area contributed by atoms with Crippen LogP contribution in [0.15, 0.2) is 42.6 Å². The molecule has 18 heteroatoms. The summed E-state index contributed by atoms with van der Waals surface area (Å²) in [5.74, 6) is 1.82. The minimum absolute atomic E-state index is 0.0302. The number of likely N-dealkylation sites (tertiary alicyclic amines) is 2. The number of phenols is 1. The number of halogens is 3. The summed E-state index contributed by atoms with van der Waals surface area (Å²) >= 11 is 0. The van der Waals surface area contributed by atoms with E-state index in [0.717, 1.165) is 90.3 Å². The highest BCUT2D eigenvalue weighted by Crippen LogP contribution is 2.41. The van der Waals surface area contributed by atoms with Crippen molar-refractivity contribution < 1.29 is 37.4 Å². The molecule has 12 rings (SSSR count). The van der Waals surface area contributed by atoms with Gasteiger partial charge in [0.15, 0.2) is 11.6 Å². The van der Waals surface area contributed by atoms with Crippen molar-refractivity contribution in [3.8, 4) is 35.4 Å². The normalized spacial score (nSPS) is 23.4. The van der Waals surface area contributed by atoms with Crippen LogP contribution in [-0.2, 0) is 16.1 Å². The molecule has 3 N–H and O–H groups in total. The van der Waals surface area contributed by atoms with Gasteiger partial charge in [0.25, 0.3) is 5.91 Å². The van der Waals surface area contributed by atoms with Gasteiger partial charge >= 0.3 is 6.01 Å². The number of terminal acetylenes is 1. The lowest BCUT2D eigenvalue weighted by Crippen LogP contribution is -2.52. The number of phenolic OH excluding ortho intramolecular Hbond substituents is 1. The lowest BCUT2D eigenvalue weighted by atomic mass is 9.82. The van der Waals surface area contributed by atoms with Gasteiger partial charge in [-0.25, -0.2) is 13.2 Å². The van der Waals surface area contributed by atoms with Crippen LogP contribution in [0.3, 0.4) is 0 Å². The predicted molar refractivity (Wildman–Crippen MR) is 278 cm³/mol. The summed E-state index contributed by atoms with van der Waals surface area (Å²) in [6.45, 7) is 9.19. The maximum atomic E-state index is 17.0. The number of ether oxygens (including phenoxy) is 1. The van der Waals surface area contributed by atoms with Gasteiger partial charge in [-0.3, -0.25) is 29.6 Å². The fraction of sp³-hybridized carbons (Fsp3) is 0.509. The monoisotopic (exact) mass is 1020 g/mol. The third-order valence-electron chi connectivity index (χ3n) is 17.4. The zero-order chi connectivity index (χ0) is 51.5. The average Bonchev–Trinajstić information content (AvgIpc) is 3.94. The van der Waals surface area contributed by atoms with Gasteiger partial charge in [-0.15, -0.1) is 6.42 Å². The molecule has 0 radical (unpaired) electrons. The largest absolute Gasteiger partial charge is 0.508 e. The molecular formula is C57H63F3N10O5. The van der Waals surface area contributed by atoms with Gasteiger partial charge in [0.05, 0.1) is 23.2 Å². The van der Waals surface area contributed by atoms with Crippen molar-refractivity contribution in [2.24, 2.45) is 17.8 Å². The number of piperidine rings is 4. The van der Waals surface area contributed by atoms with Crippen LogP contribution in [-0.4, -0.2) is 143 Å². The Balaban J connectivity index is 0.619.